The number of epoxide rings is 1. The fourth-order valence-electron chi connectivity index (χ4n) is 2.17. The quantitative estimate of drug-likeness (QED) is 0.275. The first-order valence-electron chi connectivity index (χ1n) is 4.68. The summed E-state index contributed by atoms with van der Waals surface area (Å²) in [5, 5.41) is 0. The van der Waals surface area contributed by atoms with Gasteiger partial charge in [-0.05, 0) is 12.8 Å². The van der Waals surface area contributed by atoms with Gasteiger partial charge in [0.25, 0.3) is 5.78 Å². The number of carbonyl (C=O) groups excluding carboxylic acids is 1. The fraction of sp³-hybridized carbons (Fsp3) is 0.778. The average molecular weight is 180 g/mol. The molecule has 13 heavy (non-hydrogen) atoms. The van der Waals surface area contributed by atoms with E-state index in [4.69, 9.17) is 10.3 Å². The van der Waals surface area contributed by atoms with E-state index in [2.05, 4.69) is 4.79 Å². The van der Waals surface area contributed by atoms with E-state index in [1.807, 2.05) is 0 Å². The summed E-state index contributed by atoms with van der Waals surface area (Å²) in [7, 11) is 0. The fourth-order valence-corrected chi connectivity index (χ4v) is 2.17. The van der Waals surface area contributed by atoms with Gasteiger partial charge < -0.3 is 10.3 Å². The molecular weight excluding hydrogens is 168 g/mol. The van der Waals surface area contributed by atoms with Crippen LogP contribution in [0.5, 0.6) is 0 Å². The monoisotopic (exact) mass is 180 g/mol. The Morgan fingerprint density at radius 2 is 2.15 bits per heavy atom. The highest BCUT2D eigenvalue weighted by Gasteiger charge is 2.60. The molecule has 1 saturated carbocycles. The molecule has 0 N–H and O–H groups in total. The molecule has 1 heterocycles. The number of ether oxygens (including phenoxy) is 1. The summed E-state index contributed by atoms with van der Waals surface area (Å²) in [5.41, 5.74) is 8.01. The summed E-state index contributed by atoms with van der Waals surface area (Å²) < 4.78 is 5.41. The van der Waals surface area contributed by atoms with Gasteiger partial charge in [-0.3, -0.25) is 4.79 Å². The third kappa shape index (κ3) is 1.43. The zero-order valence-corrected chi connectivity index (χ0v) is 7.40. The van der Waals surface area contributed by atoms with Crippen molar-refractivity contribution in [2.75, 3.05) is 0 Å². The van der Waals surface area contributed by atoms with Crippen molar-refractivity contribution in [2.45, 2.75) is 43.8 Å². The Hall–Kier alpha value is -0.990. The molecule has 1 atom stereocenters. The standard InChI is InChI=1S/C9H12N2O2/c10-11-6-7(12)8-9(13-8)4-2-1-3-5-9/h6,8H,1-5H2. The van der Waals surface area contributed by atoms with Crippen molar-refractivity contribution in [3.05, 3.63) is 5.53 Å². The summed E-state index contributed by atoms with van der Waals surface area (Å²) in [6.07, 6.45) is 6.07. The van der Waals surface area contributed by atoms with Crippen LogP contribution in [0.3, 0.4) is 0 Å². The van der Waals surface area contributed by atoms with E-state index >= 15 is 0 Å². The minimum Gasteiger partial charge on any atom is -0.361 e. The molecule has 1 saturated heterocycles. The average Bonchev–Trinajstić information content (AvgIpc) is 2.81. The molecule has 0 aromatic rings. The number of hydrogen-bond acceptors (Lipinski definition) is 2. The van der Waals surface area contributed by atoms with Crippen LogP contribution in [0.2, 0.25) is 0 Å². The van der Waals surface area contributed by atoms with E-state index in [1.54, 1.807) is 0 Å². The van der Waals surface area contributed by atoms with E-state index in [0.29, 0.717) is 0 Å². The van der Waals surface area contributed by atoms with Crippen molar-refractivity contribution in [3.8, 4) is 0 Å². The molecule has 2 aliphatic rings. The van der Waals surface area contributed by atoms with Crippen molar-refractivity contribution in [1.82, 2.24) is 0 Å². The first-order chi connectivity index (χ1) is 6.28. The van der Waals surface area contributed by atoms with Crippen molar-refractivity contribution in [2.24, 2.45) is 0 Å². The van der Waals surface area contributed by atoms with E-state index in [0.717, 1.165) is 31.9 Å². The molecule has 2 fully saturated rings. The number of rotatable bonds is 2. The number of ketones is 1. The number of carbonyl (C=O) groups is 1. The van der Waals surface area contributed by atoms with Gasteiger partial charge in [0.1, 0.15) is 5.60 Å². The predicted octanol–water partition coefficient (Wildman–Crippen LogP) is 0.958. The third-order valence-electron chi connectivity index (χ3n) is 2.92. The topological polar surface area (TPSA) is 66.0 Å². The van der Waals surface area contributed by atoms with Gasteiger partial charge in [-0.1, -0.05) is 19.3 Å². The van der Waals surface area contributed by atoms with Gasteiger partial charge in [0.15, 0.2) is 6.10 Å². The lowest BCUT2D eigenvalue weighted by Gasteiger charge is -2.17. The van der Waals surface area contributed by atoms with Crippen LogP contribution in [0.4, 0.5) is 0 Å². The maximum atomic E-state index is 11.2. The molecule has 1 aliphatic heterocycles. The van der Waals surface area contributed by atoms with Crippen LogP contribution in [0, 0.1) is 0 Å². The molecule has 4 heteroatoms. The SMILES string of the molecule is [N-]=[N+]=CC(=O)C1OC12CCCCC2. The molecule has 0 amide bonds. The lowest BCUT2D eigenvalue weighted by molar-refractivity contribution is -0.117. The van der Waals surface area contributed by atoms with Crippen molar-refractivity contribution >= 4 is 12.0 Å². The van der Waals surface area contributed by atoms with E-state index in [9.17, 15) is 4.79 Å². The van der Waals surface area contributed by atoms with Gasteiger partial charge in [0.2, 0.25) is 0 Å². The molecule has 0 aromatic carbocycles. The van der Waals surface area contributed by atoms with Crippen LogP contribution in [0.15, 0.2) is 0 Å². The molecule has 70 valence electrons. The zero-order chi connectivity index (χ0) is 9.31. The Labute approximate surface area is 76.5 Å². The molecule has 0 radical (unpaired) electrons. The molecular formula is C9H12N2O2. The highest BCUT2D eigenvalue weighted by atomic mass is 16.6. The summed E-state index contributed by atoms with van der Waals surface area (Å²) in [5.74, 6) is -0.204. The van der Waals surface area contributed by atoms with Gasteiger partial charge >= 0.3 is 6.21 Å². The third-order valence-corrected chi connectivity index (χ3v) is 2.92. The van der Waals surface area contributed by atoms with Gasteiger partial charge in [0.05, 0.1) is 0 Å². The molecule has 1 unspecified atom stereocenters. The molecule has 0 bridgehead atoms. The van der Waals surface area contributed by atoms with Gasteiger partial charge in [-0.25, -0.2) is 0 Å². The first-order valence-corrected chi connectivity index (χ1v) is 4.68. The zero-order valence-electron chi connectivity index (χ0n) is 7.40. The Balaban J connectivity index is 1.99. The maximum Gasteiger partial charge on any atom is 0.326 e. The smallest absolute Gasteiger partial charge is 0.326 e. The largest absolute Gasteiger partial charge is 0.361 e. The lowest BCUT2D eigenvalue weighted by Crippen LogP contribution is -2.24. The van der Waals surface area contributed by atoms with Crippen molar-refractivity contribution in [3.63, 3.8) is 0 Å². The molecule has 4 nitrogen and oxygen atoms in total. The second-order valence-corrected chi connectivity index (χ2v) is 3.77. The number of nitrogens with zero attached hydrogens (tertiary/aromatic N) is 2. The van der Waals surface area contributed by atoms with Crippen LogP contribution in [0.1, 0.15) is 32.1 Å². The number of Topliss-reactive ketones (excluding diaryl/α,β-unsaturated/α-hetero) is 1. The molecule has 2 rings (SSSR count). The molecule has 0 aromatic heterocycles. The Kier molecular flexibility index (Phi) is 2.02. The first kappa shape index (κ1) is 8.60. The second kappa shape index (κ2) is 3.05. The Bertz CT molecular complexity index is 275. The van der Waals surface area contributed by atoms with Crippen LogP contribution >= 0.6 is 0 Å². The van der Waals surface area contributed by atoms with Crippen molar-refractivity contribution in [1.29, 1.82) is 0 Å². The van der Waals surface area contributed by atoms with E-state index < -0.39 is 0 Å². The summed E-state index contributed by atoms with van der Waals surface area (Å²) in [6.45, 7) is 0. The summed E-state index contributed by atoms with van der Waals surface area (Å²) in [4.78, 5) is 14.0. The van der Waals surface area contributed by atoms with E-state index in [-0.39, 0.29) is 17.5 Å². The van der Waals surface area contributed by atoms with E-state index in [1.165, 1.54) is 6.42 Å². The molecule has 1 spiro atoms. The lowest BCUT2D eigenvalue weighted by atomic mass is 9.85. The van der Waals surface area contributed by atoms with Gasteiger partial charge in [-0.2, -0.15) is 4.79 Å². The van der Waals surface area contributed by atoms with Gasteiger partial charge in [0, 0.05) is 0 Å². The van der Waals surface area contributed by atoms with Crippen LogP contribution < -0.4 is 0 Å². The molecule has 1 aliphatic carbocycles. The maximum absolute atomic E-state index is 11.2. The van der Waals surface area contributed by atoms with Crippen molar-refractivity contribution < 1.29 is 14.3 Å². The predicted molar refractivity (Wildman–Crippen MR) is 45.4 cm³/mol. The minimum absolute atomic E-state index is 0.184. The second-order valence-electron chi connectivity index (χ2n) is 3.77. The minimum atomic E-state index is -0.330. The van der Waals surface area contributed by atoms with Crippen LogP contribution in [-0.2, 0) is 9.53 Å². The number of hydrogen-bond donors (Lipinski definition) is 0. The summed E-state index contributed by atoms with van der Waals surface area (Å²) in [6, 6.07) is 0. The highest BCUT2D eigenvalue weighted by Crippen LogP contribution is 2.48. The summed E-state index contributed by atoms with van der Waals surface area (Å²) >= 11 is 0. The Morgan fingerprint density at radius 1 is 1.46 bits per heavy atom. The van der Waals surface area contributed by atoms with Crippen LogP contribution in [-0.4, -0.2) is 28.5 Å². The van der Waals surface area contributed by atoms with Crippen LogP contribution in [0.25, 0.3) is 5.53 Å². The normalized spacial score (nSPS) is 29.4. The highest BCUT2D eigenvalue weighted by molar-refractivity contribution is 6.28. The Morgan fingerprint density at radius 3 is 2.77 bits per heavy atom. The van der Waals surface area contributed by atoms with Gasteiger partial charge in [-0.15, -0.1) is 0 Å².